The largest absolute Gasteiger partial charge is 0.508 e. The highest BCUT2D eigenvalue weighted by Gasteiger charge is 2.44. The summed E-state index contributed by atoms with van der Waals surface area (Å²) in [7, 11) is 0. The number of phenolic OH excluding ortho intramolecular Hbond substituents is 1. The van der Waals surface area contributed by atoms with Crippen LogP contribution >= 0.6 is 0 Å². The van der Waals surface area contributed by atoms with Gasteiger partial charge in [0.25, 0.3) is 0 Å². The van der Waals surface area contributed by atoms with Gasteiger partial charge < -0.3 is 30.1 Å². The lowest BCUT2D eigenvalue weighted by Gasteiger charge is -2.35. The van der Waals surface area contributed by atoms with E-state index in [1.165, 1.54) is 24.0 Å². The molecule has 42 heavy (non-hydrogen) atoms. The number of carbonyl (C=O) groups is 4. The highest BCUT2D eigenvalue weighted by atomic mass is 16.6. The molecular formula is C32H43N3O7. The van der Waals surface area contributed by atoms with Gasteiger partial charge >= 0.3 is 12.1 Å². The van der Waals surface area contributed by atoms with E-state index in [9.17, 15) is 24.3 Å². The Hall–Kier alpha value is -4.08. The molecule has 1 saturated carbocycles. The van der Waals surface area contributed by atoms with Crippen molar-refractivity contribution in [1.82, 2.24) is 15.5 Å². The van der Waals surface area contributed by atoms with E-state index in [4.69, 9.17) is 9.47 Å². The first-order valence-electron chi connectivity index (χ1n) is 14.2. The van der Waals surface area contributed by atoms with Gasteiger partial charge in [0.05, 0.1) is 0 Å². The normalized spacial score (nSPS) is 15.5. The van der Waals surface area contributed by atoms with Crippen LogP contribution in [0.2, 0.25) is 0 Å². The summed E-state index contributed by atoms with van der Waals surface area (Å²) in [5.41, 5.74) is -0.379. The van der Waals surface area contributed by atoms with Gasteiger partial charge in [-0.05, 0) is 84.6 Å². The maximum Gasteiger partial charge on any atom is 0.408 e. The molecule has 0 bridgehead atoms. The number of carbonyl (C=O) groups excluding carboxylic acids is 4. The number of amides is 3. The predicted octanol–water partition coefficient (Wildman–Crippen LogP) is 4.41. The molecule has 3 rings (SSSR count). The monoisotopic (exact) mass is 581 g/mol. The predicted molar refractivity (Wildman–Crippen MR) is 157 cm³/mol. The van der Waals surface area contributed by atoms with Crippen LogP contribution in [0.25, 0.3) is 0 Å². The van der Waals surface area contributed by atoms with Gasteiger partial charge in [-0.15, -0.1) is 0 Å². The Labute approximate surface area is 247 Å². The molecule has 1 aliphatic carbocycles. The maximum absolute atomic E-state index is 14.1. The molecule has 1 fully saturated rings. The van der Waals surface area contributed by atoms with Crippen LogP contribution in [0.5, 0.6) is 5.75 Å². The molecule has 10 heteroatoms. The molecule has 2 aromatic carbocycles. The molecule has 2 aromatic rings. The molecule has 228 valence electrons. The third kappa shape index (κ3) is 9.78. The number of hydrogen-bond acceptors (Lipinski definition) is 7. The number of hydrogen-bond donors (Lipinski definition) is 3. The van der Waals surface area contributed by atoms with Crippen LogP contribution in [-0.4, -0.2) is 63.2 Å². The van der Waals surface area contributed by atoms with Crippen LogP contribution in [0.4, 0.5) is 4.79 Å². The molecule has 0 aliphatic heterocycles. The Balaban J connectivity index is 1.96. The van der Waals surface area contributed by atoms with Gasteiger partial charge in [-0.3, -0.25) is 9.59 Å². The van der Waals surface area contributed by atoms with Crippen molar-refractivity contribution in [3.63, 3.8) is 0 Å². The average molecular weight is 582 g/mol. The molecule has 0 heterocycles. The molecule has 10 nitrogen and oxygen atoms in total. The Morgan fingerprint density at radius 3 is 2.07 bits per heavy atom. The summed E-state index contributed by atoms with van der Waals surface area (Å²) < 4.78 is 10.9. The lowest BCUT2D eigenvalue weighted by Crippen LogP contribution is -2.55. The van der Waals surface area contributed by atoms with Crippen molar-refractivity contribution in [2.45, 2.75) is 103 Å². The van der Waals surface area contributed by atoms with Crippen LogP contribution in [0.1, 0.15) is 78.5 Å². The van der Waals surface area contributed by atoms with Crippen molar-refractivity contribution in [2.24, 2.45) is 0 Å². The van der Waals surface area contributed by atoms with Gasteiger partial charge in [0.2, 0.25) is 11.8 Å². The number of benzene rings is 2. The minimum absolute atomic E-state index is 0.0820. The van der Waals surface area contributed by atoms with Crippen molar-refractivity contribution in [3.8, 4) is 5.75 Å². The van der Waals surface area contributed by atoms with Crippen molar-refractivity contribution in [2.75, 3.05) is 0 Å². The highest BCUT2D eigenvalue weighted by Crippen LogP contribution is 2.36. The summed E-state index contributed by atoms with van der Waals surface area (Å²) in [6.07, 6.45) is 0.729. The molecule has 3 atom stereocenters. The number of rotatable bonds is 10. The van der Waals surface area contributed by atoms with Crippen LogP contribution < -0.4 is 10.6 Å². The summed E-state index contributed by atoms with van der Waals surface area (Å²) in [5, 5.41) is 15.7. The summed E-state index contributed by atoms with van der Waals surface area (Å²) in [6, 6.07) is 11.8. The second-order valence-electron chi connectivity index (χ2n) is 12.6. The molecule has 3 N–H and O–H groups in total. The minimum Gasteiger partial charge on any atom is -0.508 e. The standard InChI is InChI=1S/C32H43N3O7/c1-20(33-30(40)42-32(5,6)7)28(38)35(23-16-17-23)26(22-14-11-15-24(36)19-22)27(37)34-25(29(39)41-31(2,3)4)18-21-12-9-8-10-13-21/h8-15,19-20,23,25-26,36H,16-18H2,1-7H3,(H,33,40)(H,34,37). The molecule has 3 unspecified atom stereocenters. The zero-order chi connectivity index (χ0) is 31.2. The van der Waals surface area contributed by atoms with Gasteiger partial charge in [0.15, 0.2) is 0 Å². The van der Waals surface area contributed by atoms with Gasteiger partial charge in [0, 0.05) is 12.5 Å². The number of nitrogens with zero attached hydrogens (tertiary/aromatic N) is 1. The van der Waals surface area contributed by atoms with Crippen LogP contribution in [0, 0.1) is 0 Å². The topological polar surface area (TPSA) is 134 Å². The second-order valence-corrected chi connectivity index (χ2v) is 12.6. The number of ether oxygens (including phenoxy) is 2. The fraction of sp³-hybridized carbons (Fsp3) is 0.500. The Morgan fingerprint density at radius 1 is 0.905 bits per heavy atom. The third-order valence-electron chi connectivity index (χ3n) is 6.30. The first-order valence-corrected chi connectivity index (χ1v) is 14.2. The SMILES string of the molecule is CC(NC(=O)OC(C)(C)C)C(=O)N(C1CC1)C(C(=O)NC(Cc1ccccc1)C(=O)OC(C)(C)C)c1cccc(O)c1. The summed E-state index contributed by atoms with van der Waals surface area (Å²) in [5.74, 6) is -1.80. The van der Waals surface area contributed by atoms with Crippen LogP contribution in [-0.2, 0) is 30.3 Å². The molecule has 0 aromatic heterocycles. The van der Waals surface area contributed by atoms with E-state index >= 15 is 0 Å². The summed E-state index contributed by atoms with van der Waals surface area (Å²) in [4.78, 5) is 55.1. The van der Waals surface area contributed by atoms with E-state index in [1.807, 2.05) is 30.3 Å². The van der Waals surface area contributed by atoms with E-state index in [0.29, 0.717) is 18.4 Å². The lowest BCUT2D eigenvalue weighted by atomic mass is 10.0. The van der Waals surface area contributed by atoms with Crippen LogP contribution in [0.3, 0.4) is 0 Å². The molecule has 0 spiro atoms. The molecule has 0 saturated heterocycles. The summed E-state index contributed by atoms with van der Waals surface area (Å²) in [6.45, 7) is 11.9. The van der Waals surface area contributed by atoms with Crippen molar-refractivity contribution in [1.29, 1.82) is 0 Å². The zero-order valence-electron chi connectivity index (χ0n) is 25.5. The molecular weight excluding hydrogens is 538 g/mol. The van der Waals surface area contributed by atoms with Gasteiger partial charge in [0.1, 0.15) is 35.1 Å². The zero-order valence-corrected chi connectivity index (χ0v) is 25.5. The van der Waals surface area contributed by atoms with Crippen LogP contribution in [0.15, 0.2) is 54.6 Å². The van der Waals surface area contributed by atoms with E-state index in [-0.39, 0.29) is 18.2 Å². The maximum atomic E-state index is 14.1. The Bertz CT molecular complexity index is 1260. The molecule has 3 amide bonds. The van der Waals surface area contributed by atoms with E-state index in [0.717, 1.165) is 5.56 Å². The van der Waals surface area contributed by atoms with Gasteiger partial charge in [-0.1, -0.05) is 42.5 Å². The lowest BCUT2D eigenvalue weighted by molar-refractivity contribution is -0.159. The van der Waals surface area contributed by atoms with E-state index in [2.05, 4.69) is 10.6 Å². The first-order chi connectivity index (χ1) is 19.5. The molecule has 0 radical (unpaired) electrons. The second kappa shape index (κ2) is 13.3. The van der Waals surface area contributed by atoms with Gasteiger partial charge in [-0.25, -0.2) is 9.59 Å². The van der Waals surface area contributed by atoms with E-state index < -0.39 is 53.2 Å². The summed E-state index contributed by atoms with van der Waals surface area (Å²) >= 11 is 0. The third-order valence-corrected chi connectivity index (χ3v) is 6.30. The van der Waals surface area contributed by atoms with E-state index in [1.54, 1.807) is 53.7 Å². The smallest absolute Gasteiger partial charge is 0.408 e. The van der Waals surface area contributed by atoms with Crippen molar-refractivity contribution >= 4 is 23.9 Å². The quantitative estimate of drug-likeness (QED) is 0.354. The first kappa shape index (κ1) is 32.4. The Kier molecular flexibility index (Phi) is 10.2. The molecule has 1 aliphatic rings. The fourth-order valence-electron chi connectivity index (χ4n) is 4.44. The Morgan fingerprint density at radius 2 is 1.52 bits per heavy atom. The number of alkyl carbamates (subject to hydrolysis) is 1. The average Bonchev–Trinajstić information content (AvgIpc) is 3.70. The van der Waals surface area contributed by atoms with Crippen molar-refractivity contribution < 1.29 is 33.8 Å². The van der Waals surface area contributed by atoms with Crippen molar-refractivity contribution in [3.05, 3.63) is 65.7 Å². The highest BCUT2D eigenvalue weighted by molar-refractivity contribution is 5.94. The minimum atomic E-state index is -1.19. The number of aromatic hydroxyl groups is 1. The number of nitrogens with one attached hydrogen (secondary N) is 2. The fourth-order valence-corrected chi connectivity index (χ4v) is 4.44. The number of phenols is 1. The van der Waals surface area contributed by atoms with Gasteiger partial charge in [-0.2, -0.15) is 0 Å². The number of esters is 1.